The van der Waals surface area contributed by atoms with Crippen LogP contribution in [0.5, 0.6) is 0 Å². The predicted molar refractivity (Wildman–Crippen MR) is 109 cm³/mol. The van der Waals surface area contributed by atoms with Crippen molar-refractivity contribution in [2.24, 2.45) is 28.9 Å². The highest BCUT2D eigenvalue weighted by Gasteiger charge is 2.36. The Labute approximate surface area is 152 Å². The number of rotatable bonds is 8. The minimum Gasteiger partial charge on any atom is -0.330 e. The molecule has 1 aliphatic rings. The molecule has 1 aliphatic carbocycles. The quantitative estimate of drug-likeness (QED) is 0.380. The van der Waals surface area contributed by atoms with Crippen molar-refractivity contribution in [3.63, 3.8) is 0 Å². The topological polar surface area (TPSA) is 26.0 Å². The van der Waals surface area contributed by atoms with Gasteiger partial charge in [0.2, 0.25) is 0 Å². The molecular weight excluding hydrogens is 290 g/mol. The molecule has 0 amide bonds. The Bertz CT molecular complexity index is 372. The van der Waals surface area contributed by atoms with Crippen molar-refractivity contribution in [2.75, 3.05) is 6.54 Å². The Kier molecular flexibility index (Phi) is 9.96. The number of unbranched alkanes of at least 4 members (excludes halogenated alkanes) is 1. The molecule has 1 fully saturated rings. The Hall–Kier alpha value is -0.560. The second-order valence-electron chi connectivity index (χ2n) is 8.86. The third-order valence-electron chi connectivity index (χ3n) is 6.56. The summed E-state index contributed by atoms with van der Waals surface area (Å²) in [5.74, 6) is 2.42. The zero-order chi connectivity index (χ0) is 18.0. The predicted octanol–water partition coefficient (Wildman–Crippen LogP) is 6.89. The second-order valence-corrected chi connectivity index (χ2v) is 8.86. The fourth-order valence-electron chi connectivity index (χ4n) is 4.83. The molecule has 0 aromatic carbocycles. The lowest BCUT2D eigenvalue weighted by Crippen LogP contribution is -2.39. The van der Waals surface area contributed by atoms with Gasteiger partial charge in [-0.3, -0.25) is 0 Å². The van der Waals surface area contributed by atoms with Gasteiger partial charge in [0.1, 0.15) is 0 Å². The summed E-state index contributed by atoms with van der Waals surface area (Å²) in [7, 11) is 0. The van der Waals surface area contributed by atoms with E-state index in [0.29, 0.717) is 5.41 Å². The maximum absolute atomic E-state index is 6.30. The van der Waals surface area contributed by atoms with Crippen LogP contribution in [0.2, 0.25) is 0 Å². The van der Waals surface area contributed by atoms with Gasteiger partial charge in [-0.15, -0.1) is 13.2 Å². The summed E-state index contributed by atoms with van der Waals surface area (Å²) in [5.41, 5.74) is 7.95. The highest BCUT2D eigenvalue weighted by Crippen LogP contribution is 2.43. The SMILES string of the molecule is C=CCC1CCCCC(C)(CN)C(CCCCC(=C)C)C(C)CC1. The first kappa shape index (κ1) is 21.5. The van der Waals surface area contributed by atoms with Crippen LogP contribution in [0.25, 0.3) is 0 Å². The first-order valence-corrected chi connectivity index (χ1v) is 10.4. The van der Waals surface area contributed by atoms with Crippen LogP contribution in [-0.4, -0.2) is 6.54 Å². The van der Waals surface area contributed by atoms with Gasteiger partial charge in [-0.1, -0.05) is 57.6 Å². The summed E-state index contributed by atoms with van der Waals surface area (Å²) >= 11 is 0. The average molecular weight is 334 g/mol. The summed E-state index contributed by atoms with van der Waals surface area (Å²) in [6, 6.07) is 0. The molecule has 0 saturated heterocycles. The van der Waals surface area contributed by atoms with Crippen LogP contribution in [0.3, 0.4) is 0 Å². The molecule has 0 aromatic heterocycles. The minimum absolute atomic E-state index is 0.327. The van der Waals surface area contributed by atoms with E-state index in [1.165, 1.54) is 76.2 Å². The van der Waals surface area contributed by atoms with Gasteiger partial charge in [-0.05, 0) is 75.2 Å². The van der Waals surface area contributed by atoms with E-state index in [1.807, 2.05) is 0 Å². The molecular formula is C23H43N. The number of hydrogen-bond donors (Lipinski definition) is 1. The molecule has 1 nitrogen and oxygen atoms in total. The van der Waals surface area contributed by atoms with E-state index in [1.54, 1.807) is 0 Å². The largest absolute Gasteiger partial charge is 0.330 e. The minimum atomic E-state index is 0.327. The van der Waals surface area contributed by atoms with E-state index in [-0.39, 0.29) is 0 Å². The fraction of sp³-hybridized carbons (Fsp3) is 0.826. The van der Waals surface area contributed by atoms with Crippen LogP contribution in [0, 0.1) is 23.2 Å². The lowest BCUT2D eigenvalue weighted by atomic mass is 9.64. The van der Waals surface area contributed by atoms with Gasteiger partial charge in [0.05, 0.1) is 0 Å². The Balaban J connectivity index is 2.73. The lowest BCUT2D eigenvalue weighted by molar-refractivity contribution is 0.0919. The van der Waals surface area contributed by atoms with Gasteiger partial charge in [0.25, 0.3) is 0 Å². The first-order valence-electron chi connectivity index (χ1n) is 10.4. The van der Waals surface area contributed by atoms with E-state index in [0.717, 1.165) is 24.3 Å². The summed E-state index contributed by atoms with van der Waals surface area (Å²) in [4.78, 5) is 0. The maximum atomic E-state index is 6.30. The molecule has 1 rings (SSSR count). The van der Waals surface area contributed by atoms with Crippen LogP contribution in [0.1, 0.15) is 91.4 Å². The highest BCUT2D eigenvalue weighted by atomic mass is 14.6. The van der Waals surface area contributed by atoms with Crippen molar-refractivity contribution in [2.45, 2.75) is 91.4 Å². The molecule has 4 unspecified atom stereocenters. The summed E-state index contributed by atoms with van der Waals surface area (Å²) in [5, 5.41) is 0. The van der Waals surface area contributed by atoms with Crippen LogP contribution in [0.4, 0.5) is 0 Å². The molecule has 0 aromatic rings. The molecule has 4 atom stereocenters. The number of nitrogens with two attached hydrogens (primary N) is 1. The number of hydrogen-bond acceptors (Lipinski definition) is 1. The monoisotopic (exact) mass is 333 g/mol. The Morgan fingerprint density at radius 2 is 1.96 bits per heavy atom. The molecule has 1 heteroatoms. The Morgan fingerprint density at radius 1 is 1.21 bits per heavy atom. The lowest BCUT2D eigenvalue weighted by Gasteiger charge is -2.42. The van der Waals surface area contributed by atoms with Gasteiger partial charge in [0.15, 0.2) is 0 Å². The van der Waals surface area contributed by atoms with E-state index >= 15 is 0 Å². The van der Waals surface area contributed by atoms with E-state index in [4.69, 9.17) is 5.73 Å². The summed E-state index contributed by atoms with van der Waals surface area (Å²) < 4.78 is 0. The normalized spacial score (nSPS) is 32.2. The highest BCUT2D eigenvalue weighted by molar-refractivity contribution is 4.90. The molecule has 24 heavy (non-hydrogen) atoms. The molecule has 2 N–H and O–H groups in total. The van der Waals surface area contributed by atoms with Crippen molar-refractivity contribution in [3.05, 3.63) is 24.8 Å². The third kappa shape index (κ3) is 7.13. The van der Waals surface area contributed by atoms with Crippen LogP contribution >= 0.6 is 0 Å². The fourth-order valence-corrected chi connectivity index (χ4v) is 4.83. The van der Waals surface area contributed by atoms with Gasteiger partial charge < -0.3 is 5.73 Å². The molecule has 0 aliphatic heterocycles. The van der Waals surface area contributed by atoms with Gasteiger partial charge in [-0.2, -0.15) is 0 Å². The zero-order valence-electron chi connectivity index (χ0n) is 16.8. The number of allylic oxidation sites excluding steroid dienone is 2. The van der Waals surface area contributed by atoms with Crippen LogP contribution in [0.15, 0.2) is 24.8 Å². The molecule has 0 heterocycles. The molecule has 0 bridgehead atoms. The van der Waals surface area contributed by atoms with Crippen LogP contribution < -0.4 is 5.73 Å². The summed E-state index contributed by atoms with van der Waals surface area (Å²) in [6.45, 7) is 16.0. The van der Waals surface area contributed by atoms with E-state index in [2.05, 4.69) is 40.0 Å². The van der Waals surface area contributed by atoms with Gasteiger partial charge in [0, 0.05) is 0 Å². The zero-order valence-corrected chi connectivity index (χ0v) is 16.8. The summed E-state index contributed by atoms with van der Waals surface area (Å²) in [6.07, 6.45) is 16.6. The van der Waals surface area contributed by atoms with Crippen molar-refractivity contribution in [1.82, 2.24) is 0 Å². The van der Waals surface area contributed by atoms with Crippen molar-refractivity contribution < 1.29 is 0 Å². The van der Waals surface area contributed by atoms with Crippen LogP contribution in [-0.2, 0) is 0 Å². The third-order valence-corrected chi connectivity index (χ3v) is 6.56. The van der Waals surface area contributed by atoms with Gasteiger partial charge in [-0.25, -0.2) is 0 Å². The first-order chi connectivity index (χ1) is 11.4. The standard InChI is InChI=1S/C23H43N/c1-6-11-21-13-9-10-17-23(5,18-24)22(20(4)15-16-21)14-8-7-12-19(2)3/h6,20-22H,1-2,7-18,24H2,3-5H3. The van der Waals surface area contributed by atoms with E-state index in [9.17, 15) is 0 Å². The molecule has 1 saturated carbocycles. The van der Waals surface area contributed by atoms with Crippen molar-refractivity contribution in [1.29, 1.82) is 0 Å². The Morgan fingerprint density at radius 3 is 2.58 bits per heavy atom. The van der Waals surface area contributed by atoms with Crippen molar-refractivity contribution in [3.8, 4) is 0 Å². The maximum Gasteiger partial charge on any atom is -0.00204 e. The van der Waals surface area contributed by atoms with Gasteiger partial charge >= 0.3 is 0 Å². The molecule has 0 radical (unpaired) electrons. The average Bonchev–Trinajstić information content (AvgIpc) is 2.55. The second kappa shape index (κ2) is 11.1. The van der Waals surface area contributed by atoms with E-state index < -0.39 is 0 Å². The van der Waals surface area contributed by atoms with Crippen molar-refractivity contribution >= 4 is 0 Å². The molecule has 140 valence electrons. The molecule has 0 spiro atoms. The smallest absolute Gasteiger partial charge is 0.00204 e.